The van der Waals surface area contributed by atoms with Crippen LogP contribution >= 0.6 is 0 Å². The lowest BCUT2D eigenvalue weighted by Gasteiger charge is -2.37. The molecule has 2 heterocycles. The third-order valence-electron chi connectivity index (χ3n) is 6.65. The second-order valence-electron chi connectivity index (χ2n) is 9.30. The zero-order valence-electron chi connectivity index (χ0n) is 17.1. The number of hydrogen-bond acceptors (Lipinski definition) is 5. The number of ether oxygens (including phenoxy) is 2. The maximum atomic E-state index is 12.3. The number of benzene rings is 1. The Kier molecular flexibility index (Phi) is 5.41. The molecule has 162 valence electrons. The molecule has 7 heteroatoms. The lowest BCUT2D eigenvalue weighted by atomic mass is 9.84. The van der Waals surface area contributed by atoms with E-state index in [0.717, 1.165) is 36.4 Å². The molecule has 2 aliphatic carbocycles. The van der Waals surface area contributed by atoms with Gasteiger partial charge in [0.05, 0.1) is 19.1 Å². The first-order chi connectivity index (χ1) is 14.6. The van der Waals surface area contributed by atoms with Crippen molar-refractivity contribution >= 4 is 17.5 Å². The van der Waals surface area contributed by atoms with Crippen LogP contribution in [0.4, 0.5) is 5.69 Å². The first-order valence-corrected chi connectivity index (χ1v) is 11.2. The summed E-state index contributed by atoms with van der Waals surface area (Å²) in [5, 5.41) is 15.8. The number of aliphatic hydroxyl groups excluding tert-OH is 1. The highest BCUT2D eigenvalue weighted by atomic mass is 16.6. The van der Waals surface area contributed by atoms with Crippen molar-refractivity contribution in [2.75, 3.05) is 18.5 Å². The van der Waals surface area contributed by atoms with E-state index < -0.39 is 6.10 Å². The van der Waals surface area contributed by atoms with Crippen LogP contribution in [0.25, 0.3) is 0 Å². The molecular formula is C23H30N2O5. The molecule has 1 aromatic rings. The number of fused-ring (bicyclic) bond motifs is 3. The number of carbonyl (C=O) groups is 2. The molecule has 0 radical (unpaired) electrons. The summed E-state index contributed by atoms with van der Waals surface area (Å²) in [7, 11) is 0. The molecule has 0 bridgehead atoms. The predicted molar refractivity (Wildman–Crippen MR) is 110 cm³/mol. The van der Waals surface area contributed by atoms with Crippen LogP contribution < -0.4 is 15.4 Å². The SMILES string of the molecule is O=C(C[C@H]1C[C@H]2c3cc(NC(=O)CC4CC4)ccc3O[C@H]2[C@@H](CO)O1)NCC1CC1. The summed E-state index contributed by atoms with van der Waals surface area (Å²) in [5.41, 5.74) is 1.80. The van der Waals surface area contributed by atoms with Gasteiger partial charge in [0.25, 0.3) is 0 Å². The van der Waals surface area contributed by atoms with Gasteiger partial charge in [0.2, 0.25) is 11.8 Å². The molecule has 3 N–H and O–H groups in total. The summed E-state index contributed by atoms with van der Waals surface area (Å²) in [4.78, 5) is 24.5. The van der Waals surface area contributed by atoms with Crippen LogP contribution in [-0.2, 0) is 14.3 Å². The van der Waals surface area contributed by atoms with Crippen molar-refractivity contribution < 1.29 is 24.2 Å². The van der Waals surface area contributed by atoms with Gasteiger partial charge in [0, 0.05) is 30.1 Å². The molecule has 2 saturated carbocycles. The molecule has 4 atom stereocenters. The third-order valence-corrected chi connectivity index (χ3v) is 6.65. The first kappa shape index (κ1) is 19.8. The molecule has 0 aromatic heterocycles. The fourth-order valence-electron chi connectivity index (χ4n) is 4.62. The summed E-state index contributed by atoms with van der Waals surface area (Å²) in [6.45, 7) is 0.594. The van der Waals surface area contributed by atoms with Crippen molar-refractivity contribution in [1.82, 2.24) is 5.32 Å². The number of anilines is 1. The predicted octanol–water partition coefficient (Wildman–Crippen LogP) is 2.34. The van der Waals surface area contributed by atoms with Crippen LogP contribution in [0.2, 0.25) is 0 Å². The quantitative estimate of drug-likeness (QED) is 0.607. The number of hydrogen-bond donors (Lipinski definition) is 3. The number of nitrogens with one attached hydrogen (secondary N) is 2. The fourth-order valence-corrected chi connectivity index (χ4v) is 4.62. The highest BCUT2D eigenvalue weighted by molar-refractivity contribution is 5.91. The van der Waals surface area contributed by atoms with E-state index in [-0.39, 0.29) is 36.5 Å². The molecule has 3 fully saturated rings. The van der Waals surface area contributed by atoms with E-state index in [0.29, 0.717) is 31.1 Å². The van der Waals surface area contributed by atoms with Crippen molar-refractivity contribution in [3.05, 3.63) is 23.8 Å². The van der Waals surface area contributed by atoms with Crippen molar-refractivity contribution in [2.45, 2.75) is 69.2 Å². The molecule has 5 rings (SSSR count). The maximum Gasteiger partial charge on any atom is 0.224 e. The van der Waals surface area contributed by atoms with E-state index in [9.17, 15) is 14.7 Å². The summed E-state index contributed by atoms with van der Waals surface area (Å²) in [5.74, 6) is 2.04. The van der Waals surface area contributed by atoms with Crippen LogP contribution in [-0.4, -0.2) is 48.4 Å². The number of amides is 2. The third kappa shape index (κ3) is 4.47. The Morgan fingerprint density at radius 1 is 1.07 bits per heavy atom. The van der Waals surface area contributed by atoms with Gasteiger partial charge >= 0.3 is 0 Å². The molecule has 1 saturated heterocycles. The van der Waals surface area contributed by atoms with E-state index in [4.69, 9.17) is 9.47 Å². The largest absolute Gasteiger partial charge is 0.487 e. The first-order valence-electron chi connectivity index (χ1n) is 11.2. The van der Waals surface area contributed by atoms with E-state index >= 15 is 0 Å². The van der Waals surface area contributed by atoms with Gasteiger partial charge in [-0.25, -0.2) is 0 Å². The second-order valence-corrected chi connectivity index (χ2v) is 9.30. The van der Waals surface area contributed by atoms with Gasteiger partial charge in [0.15, 0.2) is 0 Å². The highest BCUT2D eigenvalue weighted by Crippen LogP contribution is 2.47. The minimum Gasteiger partial charge on any atom is -0.487 e. The molecule has 1 aromatic carbocycles. The minimum absolute atomic E-state index is 0.00210. The Morgan fingerprint density at radius 3 is 2.60 bits per heavy atom. The molecule has 0 spiro atoms. The van der Waals surface area contributed by atoms with E-state index in [1.807, 2.05) is 18.2 Å². The minimum atomic E-state index is -0.467. The number of carbonyl (C=O) groups excluding carboxylic acids is 2. The topological polar surface area (TPSA) is 96.9 Å². The Morgan fingerprint density at radius 2 is 1.87 bits per heavy atom. The van der Waals surface area contributed by atoms with Gasteiger partial charge in [-0.2, -0.15) is 0 Å². The smallest absolute Gasteiger partial charge is 0.224 e. The van der Waals surface area contributed by atoms with Gasteiger partial charge in [-0.3, -0.25) is 9.59 Å². The second kappa shape index (κ2) is 8.19. The standard InChI is InChI=1S/C23H30N2O5/c26-12-20-23-18(9-16(29-20)10-21(27)24-11-14-3-4-14)17-8-15(5-6-19(17)30-23)25-22(28)7-13-1-2-13/h5-6,8,13-14,16,18,20,23,26H,1-4,7,9-12H2,(H,24,27)(H,25,28)/t16-,18+,20-,23-/m1/s1. The Balaban J connectivity index is 1.26. The molecular weight excluding hydrogens is 384 g/mol. The van der Waals surface area contributed by atoms with Crippen LogP contribution in [0.5, 0.6) is 5.75 Å². The zero-order valence-corrected chi connectivity index (χ0v) is 17.1. The van der Waals surface area contributed by atoms with E-state index in [1.54, 1.807) is 0 Å². The van der Waals surface area contributed by atoms with Crippen LogP contribution in [0, 0.1) is 11.8 Å². The monoisotopic (exact) mass is 414 g/mol. The van der Waals surface area contributed by atoms with Crippen molar-refractivity contribution in [1.29, 1.82) is 0 Å². The number of rotatable bonds is 8. The van der Waals surface area contributed by atoms with E-state index in [1.165, 1.54) is 12.8 Å². The molecule has 2 amide bonds. The zero-order chi connectivity index (χ0) is 20.7. The molecule has 2 aliphatic heterocycles. The summed E-state index contributed by atoms with van der Waals surface area (Å²) < 4.78 is 12.1. The fraction of sp³-hybridized carbons (Fsp3) is 0.652. The van der Waals surface area contributed by atoms with Crippen molar-refractivity contribution in [3.8, 4) is 5.75 Å². The van der Waals surface area contributed by atoms with E-state index in [2.05, 4.69) is 10.6 Å². The average molecular weight is 415 g/mol. The lowest BCUT2D eigenvalue weighted by molar-refractivity contribution is -0.142. The van der Waals surface area contributed by atoms with Crippen LogP contribution in [0.3, 0.4) is 0 Å². The molecule has 7 nitrogen and oxygen atoms in total. The molecule has 30 heavy (non-hydrogen) atoms. The summed E-state index contributed by atoms with van der Waals surface area (Å²) in [6.07, 6.45) is 5.22. The van der Waals surface area contributed by atoms with Crippen LogP contribution in [0.15, 0.2) is 18.2 Å². The highest BCUT2D eigenvalue weighted by Gasteiger charge is 2.46. The van der Waals surface area contributed by atoms with Gasteiger partial charge in [-0.05, 0) is 62.1 Å². The van der Waals surface area contributed by atoms with Crippen LogP contribution in [0.1, 0.15) is 56.4 Å². The number of aliphatic hydroxyl groups is 1. The Labute approximate surface area is 176 Å². The van der Waals surface area contributed by atoms with Crippen molar-refractivity contribution in [3.63, 3.8) is 0 Å². The van der Waals surface area contributed by atoms with Gasteiger partial charge in [-0.1, -0.05) is 0 Å². The van der Waals surface area contributed by atoms with Gasteiger partial charge in [-0.15, -0.1) is 0 Å². The molecule has 4 aliphatic rings. The Bertz CT molecular complexity index is 820. The van der Waals surface area contributed by atoms with Gasteiger partial charge < -0.3 is 25.2 Å². The summed E-state index contributed by atoms with van der Waals surface area (Å²) >= 11 is 0. The maximum absolute atomic E-state index is 12.3. The average Bonchev–Trinajstić information content (AvgIpc) is 3.65. The normalized spacial score (nSPS) is 29.5. The molecule has 0 unspecified atom stereocenters. The van der Waals surface area contributed by atoms with Gasteiger partial charge in [0.1, 0.15) is 18.0 Å². The Hall–Kier alpha value is -2.12. The summed E-state index contributed by atoms with van der Waals surface area (Å²) in [6, 6.07) is 5.72. The lowest BCUT2D eigenvalue weighted by Crippen LogP contribution is -2.47. The van der Waals surface area contributed by atoms with Crippen molar-refractivity contribution in [2.24, 2.45) is 11.8 Å².